The fraction of sp³-hybridized carbons (Fsp3) is 0.375. The van der Waals surface area contributed by atoms with E-state index in [1.807, 2.05) is 5.38 Å². The van der Waals surface area contributed by atoms with Gasteiger partial charge in [0.1, 0.15) is 16.3 Å². The smallest absolute Gasteiger partial charge is 0.282 e. The number of ether oxygens (including phenoxy) is 1. The Hall–Kier alpha value is -2.48. The maximum atomic E-state index is 12.8. The number of methoxy groups -OCH3 is 1. The van der Waals surface area contributed by atoms with Gasteiger partial charge >= 0.3 is 0 Å². The van der Waals surface area contributed by atoms with Crippen molar-refractivity contribution in [3.63, 3.8) is 0 Å². The number of thiazole rings is 1. The zero-order chi connectivity index (χ0) is 17.2. The second kappa shape index (κ2) is 6.56. The second-order valence-corrected chi connectivity index (χ2v) is 6.62. The van der Waals surface area contributed by atoms with Gasteiger partial charge in [0.2, 0.25) is 0 Å². The Bertz CT molecular complexity index is 755. The van der Waals surface area contributed by atoms with E-state index in [2.05, 4.69) is 10.3 Å². The topological polar surface area (TPSA) is 94.4 Å². The highest BCUT2D eigenvalue weighted by Crippen LogP contribution is 2.40. The Labute approximate surface area is 142 Å². The summed E-state index contributed by atoms with van der Waals surface area (Å²) >= 11 is 1.49. The maximum absolute atomic E-state index is 12.8. The fourth-order valence-corrected chi connectivity index (χ4v) is 3.95. The molecule has 3 rings (SSSR count). The number of carbonyl (C=O) groups excluding carboxylic acids is 1. The summed E-state index contributed by atoms with van der Waals surface area (Å²) < 4.78 is 5.09. The van der Waals surface area contributed by atoms with Gasteiger partial charge in [-0.1, -0.05) is 12.8 Å². The summed E-state index contributed by atoms with van der Waals surface area (Å²) in [5, 5.41) is 17.0. The van der Waals surface area contributed by atoms with Crippen LogP contribution in [0, 0.1) is 10.1 Å². The lowest BCUT2D eigenvalue weighted by Crippen LogP contribution is -2.43. The highest BCUT2D eigenvalue weighted by molar-refractivity contribution is 7.09. The van der Waals surface area contributed by atoms with E-state index in [4.69, 9.17) is 4.74 Å². The van der Waals surface area contributed by atoms with Crippen LogP contribution in [0.1, 0.15) is 41.0 Å². The first kappa shape index (κ1) is 16.4. The van der Waals surface area contributed by atoms with E-state index in [1.165, 1.54) is 36.6 Å². The van der Waals surface area contributed by atoms with E-state index in [0.717, 1.165) is 30.7 Å². The number of nitrogens with one attached hydrogen (secondary N) is 1. The Balaban J connectivity index is 1.95. The lowest BCUT2D eigenvalue weighted by Gasteiger charge is -2.28. The summed E-state index contributed by atoms with van der Waals surface area (Å²) in [5.74, 6) is -0.0711. The molecule has 2 aromatic rings. The van der Waals surface area contributed by atoms with Gasteiger partial charge in [-0.2, -0.15) is 0 Å². The quantitative estimate of drug-likeness (QED) is 0.662. The lowest BCUT2D eigenvalue weighted by molar-refractivity contribution is -0.385. The van der Waals surface area contributed by atoms with Gasteiger partial charge in [-0.05, 0) is 25.0 Å². The van der Waals surface area contributed by atoms with Gasteiger partial charge in [-0.3, -0.25) is 14.9 Å². The van der Waals surface area contributed by atoms with Crippen molar-refractivity contribution in [3.8, 4) is 5.75 Å². The fourth-order valence-electron chi connectivity index (χ4n) is 3.10. The van der Waals surface area contributed by atoms with Crippen LogP contribution in [-0.4, -0.2) is 22.9 Å². The van der Waals surface area contributed by atoms with Crippen LogP contribution in [-0.2, 0) is 5.54 Å². The van der Waals surface area contributed by atoms with E-state index in [1.54, 1.807) is 6.20 Å². The molecule has 126 valence electrons. The molecule has 24 heavy (non-hydrogen) atoms. The summed E-state index contributed by atoms with van der Waals surface area (Å²) in [6.45, 7) is 0. The largest absolute Gasteiger partial charge is 0.497 e. The zero-order valence-electron chi connectivity index (χ0n) is 13.2. The first-order chi connectivity index (χ1) is 11.6. The Morgan fingerprint density at radius 2 is 2.17 bits per heavy atom. The van der Waals surface area contributed by atoms with Crippen molar-refractivity contribution in [2.45, 2.75) is 31.2 Å². The monoisotopic (exact) mass is 347 g/mol. The number of amides is 1. The molecule has 1 amide bonds. The molecule has 0 radical (unpaired) electrons. The van der Waals surface area contributed by atoms with Crippen molar-refractivity contribution >= 4 is 22.9 Å². The van der Waals surface area contributed by atoms with Crippen LogP contribution in [0.2, 0.25) is 0 Å². The summed E-state index contributed by atoms with van der Waals surface area (Å²) in [6.07, 6.45) is 5.24. The van der Waals surface area contributed by atoms with Crippen molar-refractivity contribution in [1.82, 2.24) is 10.3 Å². The third-order valence-corrected chi connectivity index (χ3v) is 5.27. The number of carbonyl (C=O) groups is 1. The number of aromatic nitrogens is 1. The minimum absolute atomic E-state index is 0.00202. The molecular weight excluding hydrogens is 330 g/mol. The van der Waals surface area contributed by atoms with Gasteiger partial charge in [0.15, 0.2) is 0 Å². The van der Waals surface area contributed by atoms with Gasteiger partial charge in [0.25, 0.3) is 11.6 Å². The van der Waals surface area contributed by atoms with Crippen LogP contribution >= 0.6 is 11.3 Å². The van der Waals surface area contributed by atoms with E-state index in [-0.39, 0.29) is 11.3 Å². The molecule has 1 fully saturated rings. The molecule has 1 aliphatic rings. The predicted molar refractivity (Wildman–Crippen MR) is 89.4 cm³/mol. The summed E-state index contributed by atoms with van der Waals surface area (Å²) in [6, 6.07) is 4.16. The molecule has 7 nitrogen and oxygen atoms in total. The highest BCUT2D eigenvalue weighted by Gasteiger charge is 2.40. The van der Waals surface area contributed by atoms with Crippen LogP contribution in [0.3, 0.4) is 0 Å². The van der Waals surface area contributed by atoms with Crippen LogP contribution in [0.5, 0.6) is 5.75 Å². The van der Waals surface area contributed by atoms with Gasteiger partial charge < -0.3 is 10.1 Å². The molecule has 1 heterocycles. The summed E-state index contributed by atoms with van der Waals surface area (Å²) in [7, 11) is 1.46. The Kier molecular flexibility index (Phi) is 4.48. The number of nitro groups is 1. The van der Waals surface area contributed by atoms with E-state index >= 15 is 0 Å². The number of nitrogens with zero attached hydrogens (tertiary/aromatic N) is 2. The number of rotatable bonds is 5. The standard InChI is InChI=1S/C16H17N3O4S/c1-23-11-4-5-13(19(21)22)12(10-11)14(20)18-16(6-2-3-7-16)15-17-8-9-24-15/h4-5,8-10H,2-3,6-7H2,1H3,(H,18,20). The molecule has 1 aromatic heterocycles. The van der Waals surface area contributed by atoms with Crippen molar-refractivity contribution in [1.29, 1.82) is 0 Å². The molecular formula is C16H17N3O4S. The van der Waals surface area contributed by atoms with Gasteiger partial charge in [-0.25, -0.2) is 4.98 Å². The Morgan fingerprint density at radius 1 is 1.42 bits per heavy atom. The first-order valence-electron chi connectivity index (χ1n) is 7.61. The van der Waals surface area contributed by atoms with Gasteiger partial charge in [-0.15, -0.1) is 11.3 Å². The van der Waals surface area contributed by atoms with Crippen molar-refractivity contribution in [2.24, 2.45) is 0 Å². The molecule has 0 atom stereocenters. The average Bonchev–Trinajstić information content (AvgIpc) is 3.26. The predicted octanol–water partition coefficient (Wildman–Crippen LogP) is 3.26. The lowest BCUT2D eigenvalue weighted by atomic mass is 9.97. The van der Waals surface area contributed by atoms with Crippen LogP contribution in [0.15, 0.2) is 29.8 Å². The second-order valence-electron chi connectivity index (χ2n) is 5.72. The minimum Gasteiger partial charge on any atom is -0.497 e. The van der Waals surface area contributed by atoms with Crippen molar-refractivity contribution in [3.05, 3.63) is 50.5 Å². The molecule has 0 bridgehead atoms. The molecule has 1 aromatic carbocycles. The zero-order valence-corrected chi connectivity index (χ0v) is 14.0. The summed E-state index contributed by atoms with van der Waals surface area (Å²) in [5.41, 5.74) is -0.773. The Morgan fingerprint density at radius 3 is 2.75 bits per heavy atom. The van der Waals surface area contributed by atoms with E-state index < -0.39 is 16.4 Å². The average molecular weight is 347 g/mol. The molecule has 0 spiro atoms. The molecule has 0 saturated heterocycles. The summed E-state index contributed by atoms with van der Waals surface area (Å²) in [4.78, 5) is 27.8. The molecule has 1 saturated carbocycles. The number of nitro benzene ring substituents is 1. The van der Waals surface area contributed by atoms with Crippen LogP contribution in [0.25, 0.3) is 0 Å². The van der Waals surface area contributed by atoms with Crippen molar-refractivity contribution in [2.75, 3.05) is 7.11 Å². The van der Waals surface area contributed by atoms with E-state index in [9.17, 15) is 14.9 Å². The van der Waals surface area contributed by atoms with Crippen molar-refractivity contribution < 1.29 is 14.5 Å². The third-order valence-electron chi connectivity index (χ3n) is 4.30. The number of hydrogen-bond donors (Lipinski definition) is 1. The molecule has 0 aliphatic heterocycles. The maximum Gasteiger partial charge on any atom is 0.282 e. The molecule has 1 N–H and O–H groups in total. The van der Waals surface area contributed by atoms with Gasteiger partial charge in [0.05, 0.1) is 17.6 Å². The first-order valence-corrected chi connectivity index (χ1v) is 8.49. The molecule has 0 unspecified atom stereocenters. The van der Waals surface area contributed by atoms with Crippen LogP contribution < -0.4 is 10.1 Å². The molecule has 1 aliphatic carbocycles. The number of benzene rings is 1. The third kappa shape index (κ3) is 2.96. The number of hydrogen-bond acceptors (Lipinski definition) is 6. The minimum atomic E-state index is -0.556. The SMILES string of the molecule is COc1ccc([N+](=O)[O-])c(C(=O)NC2(c3nccs3)CCCC2)c1. The van der Waals surface area contributed by atoms with E-state index in [0.29, 0.717) is 5.75 Å². The highest BCUT2D eigenvalue weighted by atomic mass is 32.1. The van der Waals surface area contributed by atoms with Crippen LogP contribution in [0.4, 0.5) is 5.69 Å². The van der Waals surface area contributed by atoms with Gasteiger partial charge in [0, 0.05) is 17.6 Å². The normalized spacial score (nSPS) is 15.9. The molecule has 8 heteroatoms.